The topological polar surface area (TPSA) is 17.1 Å². The van der Waals surface area contributed by atoms with Crippen LogP contribution in [0.5, 0.6) is 0 Å². The van der Waals surface area contributed by atoms with Crippen molar-refractivity contribution in [3.63, 3.8) is 0 Å². The highest BCUT2D eigenvalue weighted by atomic mass is 16.1. The normalized spacial score (nSPS) is 10.2. The molecule has 0 N–H and O–H groups in total. The number of hydrogen-bond acceptors (Lipinski definition) is 1. The van der Waals surface area contributed by atoms with Crippen molar-refractivity contribution in [1.82, 2.24) is 0 Å². The van der Waals surface area contributed by atoms with Crippen LogP contribution in [0, 0.1) is 0 Å². The van der Waals surface area contributed by atoms with Gasteiger partial charge in [0.25, 0.3) is 0 Å². The number of allylic oxidation sites excluding steroid dienone is 3. The Labute approximate surface area is 78.4 Å². The lowest BCUT2D eigenvalue weighted by atomic mass is 10.1. The van der Waals surface area contributed by atoms with E-state index in [0.717, 1.165) is 17.4 Å². The summed E-state index contributed by atoms with van der Waals surface area (Å²) < 4.78 is 0. The lowest BCUT2D eigenvalue weighted by Gasteiger charge is -1.99. The van der Waals surface area contributed by atoms with E-state index in [4.69, 9.17) is 0 Å². The van der Waals surface area contributed by atoms with Crippen molar-refractivity contribution in [3.05, 3.63) is 54.1 Å². The fraction of sp³-hybridized carbons (Fsp3) is 0.0833. The number of carbonyl (C=O) groups is 1. The Morgan fingerprint density at radius 2 is 1.92 bits per heavy atom. The average molecular weight is 172 g/mol. The molecular formula is C12H12O. The second-order valence-corrected chi connectivity index (χ2v) is 2.77. The Morgan fingerprint density at radius 3 is 2.38 bits per heavy atom. The Hall–Kier alpha value is -1.63. The highest BCUT2D eigenvalue weighted by Crippen LogP contribution is 2.13. The highest BCUT2D eigenvalue weighted by Gasteiger charge is 1.94. The van der Waals surface area contributed by atoms with E-state index in [1.165, 1.54) is 0 Å². The number of benzene rings is 1. The molecule has 0 heterocycles. The van der Waals surface area contributed by atoms with Crippen molar-refractivity contribution in [3.8, 4) is 0 Å². The summed E-state index contributed by atoms with van der Waals surface area (Å²) in [6, 6.07) is 7.37. The van der Waals surface area contributed by atoms with Crippen molar-refractivity contribution in [2.45, 2.75) is 6.92 Å². The maximum atomic E-state index is 10.4. The molecule has 0 aromatic heterocycles. The molecule has 0 aliphatic carbocycles. The van der Waals surface area contributed by atoms with Gasteiger partial charge in [-0.1, -0.05) is 43.0 Å². The van der Waals surface area contributed by atoms with E-state index >= 15 is 0 Å². The van der Waals surface area contributed by atoms with Gasteiger partial charge >= 0.3 is 0 Å². The smallest absolute Gasteiger partial charge is 0.150 e. The van der Waals surface area contributed by atoms with Gasteiger partial charge in [-0.25, -0.2) is 0 Å². The average Bonchev–Trinajstić information content (AvgIpc) is 2.18. The second-order valence-electron chi connectivity index (χ2n) is 2.77. The molecule has 0 unspecified atom stereocenters. The minimum absolute atomic E-state index is 0.692. The van der Waals surface area contributed by atoms with Gasteiger partial charge in [-0.05, 0) is 18.1 Å². The van der Waals surface area contributed by atoms with Crippen LogP contribution in [0.15, 0.2) is 43.0 Å². The lowest BCUT2D eigenvalue weighted by Crippen LogP contribution is -1.82. The van der Waals surface area contributed by atoms with Crippen molar-refractivity contribution in [2.75, 3.05) is 0 Å². The van der Waals surface area contributed by atoms with E-state index < -0.39 is 0 Å². The summed E-state index contributed by atoms with van der Waals surface area (Å²) in [4.78, 5) is 10.4. The predicted octanol–water partition coefficient (Wildman–Crippen LogP) is 3.09. The molecule has 1 aromatic rings. The molecule has 0 aliphatic heterocycles. The molecule has 13 heavy (non-hydrogen) atoms. The maximum absolute atomic E-state index is 10.4. The molecule has 0 amide bonds. The van der Waals surface area contributed by atoms with Crippen LogP contribution in [-0.4, -0.2) is 6.29 Å². The van der Waals surface area contributed by atoms with Gasteiger partial charge in [-0.2, -0.15) is 0 Å². The third-order valence-electron chi connectivity index (χ3n) is 1.79. The van der Waals surface area contributed by atoms with E-state index in [1.807, 2.05) is 31.2 Å². The van der Waals surface area contributed by atoms with Gasteiger partial charge in [0.1, 0.15) is 6.29 Å². The monoisotopic (exact) mass is 172 g/mol. The summed E-state index contributed by atoms with van der Waals surface area (Å²) in [7, 11) is 0. The summed E-state index contributed by atoms with van der Waals surface area (Å²) in [5.41, 5.74) is 2.70. The van der Waals surface area contributed by atoms with Crippen LogP contribution in [0.3, 0.4) is 0 Å². The zero-order valence-electron chi connectivity index (χ0n) is 7.66. The van der Waals surface area contributed by atoms with Gasteiger partial charge in [0.2, 0.25) is 0 Å². The molecule has 1 rings (SSSR count). The first kappa shape index (κ1) is 9.46. The van der Waals surface area contributed by atoms with E-state index in [0.29, 0.717) is 5.56 Å². The molecule has 0 spiro atoms. The van der Waals surface area contributed by atoms with Crippen LogP contribution in [-0.2, 0) is 0 Å². The zero-order chi connectivity index (χ0) is 9.68. The number of aldehydes is 1. The largest absolute Gasteiger partial charge is 0.298 e. The van der Waals surface area contributed by atoms with Gasteiger partial charge in [-0.15, -0.1) is 0 Å². The minimum Gasteiger partial charge on any atom is -0.298 e. The standard InChI is InChI=1S/C12H12O/c1-3-4-10(2)12-7-5-11(9-13)6-8-12/h3-9H,2H2,1H3/b4-3+. The van der Waals surface area contributed by atoms with Crippen molar-refractivity contribution in [1.29, 1.82) is 0 Å². The summed E-state index contributed by atoms with van der Waals surface area (Å²) in [6.07, 6.45) is 4.72. The van der Waals surface area contributed by atoms with Crippen LogP contribution < -0.4 is 0 Å². The summed E-state index contributed by atoms with van der Waals surface area (Å²) in [5, 5.41) is 0. The zero-order valence-corrected chi connectivity index (χ0v) is 7.66. The van der Waals surface area contributed by atoms with Crippen molar-refractivity contribution in [2.24, 2.45) is 0 Å². The SMILES string of the molecule is C=C(/C=C/C)c1ccc(C=O)cc1. The fourth-order valence-corrected chi connectivity index (χ4v) is 1.07. The number of carbonyl (C=O) groups excluding carboxylic acids is 1. The molecule has 1 nitrogen and oxygen atoms in total. The molecule has 0 fully saturated rings. The second kappa shape index (κ2) is 4.41. The van der Waals surface area contributed by atoms with Gasteiger partial charge < -0.3 is 0 Å². The Morgan fingerprint density at radius 1 is 1.31 bits per heavy atom. The predicted molar refractivity (Wildman–Crippen MR) is 55.7 cm³/mol. The van der Waals surface area contributed by atoms with Gasteiger partial charge in [-0.3, -0.25) is 4.79 Å². The summed E-state index contributed by atoms with van der Waals surface area (Å²) in [6.45, 7) is 5.84. The van der Waals surface area contributed by atoms with Crippen LogP contribution >= 0.6 is 0 Å². The van der Waals surface area contributed by atoms with Crippen LogP contribution in [0.25, 0.3) is 5.57 Å². The van der Waals surface area contributed by atoms with Gasteiger partial charge in [0, 0.05) is 5.56 Å². The van der Waals surface area contributed by atoms with Crippen molar-refractivity contribution < 1.29 is 4.79 Å². The molecule has 1 aromatic carbocycles. The van der Waals surface area contributed by atoms with Crippen LogP contribution in [0.4, 0.5) is 0 Å². The van der Waals surface area contributed by atoms with E-state index in [1.54, 1.807) is 12.1 Å². The molecule has 0 radical (unpaired) electrons. The summed E-state index contributed by atoms with van der Waals surface area (Å²) in [5.74, 6) is 0. The fourth-order valence-electron chi connectivity index (χ4n) is 1.07. The molecule has 66 valence electrons. The lowest BCUT2D eigenvalue weighted by molar-refractivity contribution is 0.112. The first-order chi connectivity index (χ1) is 6.27. The molecule has 0 bridgehead atoms. The highest BCUT2D eigenvalue weighted by molar-refractivity contribution is 5.78. The molecule has 0 atom stereocenters. The molecular weight excluding hydrogens is 160 g/mol. The van der Waals surface area contributed by atoms with Crippen LogP contribution in [0.2, 0.25) is 0 Å². The first-order valence-electron chi connectivity index (χ1n) is 4.15. The molecule has 0 saturated carbocycles. The Bertz CT molecular complexity index is 331. The molecule has 1 heteroatoms. The minimum atomic E-state index is 0.692. The van der Waals surface area contributed by atoms with Gasteiger partial charge in [0.15, 0.2) is 0 Å². The van der Waals surface area contributed by atoms with Crippen LogP contribution in [0.1, 0.15) is 22.8 Å². The number of rotatable bonds is 3. The third kappa shape index (κ3) is 2.41. The van der Waals surface area contributed by atoms with E-state index in [9.17, 15) is 4.79 Å². The molecule has 0 aliphatic rings. The third-order valence-corrected chi connectivity index (χ3v) is 1.79. The molecule has 0 saturated heterocycles. The van der Waals surface area contributed by atoms with Crippen molar-refractivity contribution >= 4 is 11.9 Å². The van der Waals surface area contributed by atoms with Gasteiger partial charge in [0.05, 0.1) is 0 Å². The first-order valence-corrected chi connectivity index (χ1v) is 4.15. The van der Waals surface area contributed by atoms with E-state index in [-0.39, 0.29) is 0 Å². The Kier molecular flexibility index (Phi) is 3.21. The number of hydrogen-bond donors (Lipinski definition) is 0. The maximum Gasteiger partial charge on any atom is 0.150 e. The summed E-state index contributed by atoms with van der Waals surface area (Å²) >= 11 is 0. The van der Waals surface area contributed by atoms with E-state index in [2.05, 4.69) is 6.58 Å². The quantitative estimate of drug-likeness (QED) is 0.505. The Balaban J connectivity index is 2.91.